The maximum atomic E-state index is 5.93. The van der Waals surface area contributed by atoms with Gasteiger partial charge in [-0.1, -0.05) is 72.8 Å². The van der Waals surface area contributed by atoms with E-state index in [1.165, 1.54) is 0 Å². The van der Waals surface area contributed by atoms with Crippen molar-refractivity contribution in [3.63, 3.8) is 0 Å². The summed E-state index contributed by atoms with van der Waals surface area (Å²) in [6, 6.07) is 29.4. The van der Waals surface area contributed by atoms with Gasteiger partial charge in [0.15, 0.2) is 0 Å². The van der Waals surface area contributed by atoms with Crippen molar-refractivity contribution in [2.45, 2.75) is 0 Å². The van der Waals surface area contributed by atoms with Gasteiger partial charge in [-0.3, -0.25) is 0 Å². The first-order valence-corrected chi connectivity index (χ1v) is 7.57. The Kier molecular flexibility index (Phi) is 5.14. The van der Waals surface area contributed by atoms with Gasteiger partial charge in [-0.15, -0.1) is 0 Å². The summed E-state index contributed by atoms with van der Waals surface area (Å²) in [6.45, 7) is 0. The molecule has 3 heteroatoms. The molecule has 3 aromatic carbocycles. The van der Waals surface area contributed by atoms with Crippen LogP contribution in [0.15, 0.2) is 97.0 Å². The second-order valence-electron chi connectivity index (χ2n) is 5.00. The molecule has 23 heavy (non-hydrogen) atoms. The molecule has 2 nitrogen and oxygen atoms in total. The molecule has 0 saturated heterocycles. The van der Waals surface area contributed by atoms with Crippen molar-refractivity contribution < 1.29 is 9.31 Å². The van der Waals surface area contributed by atoms with E-state index in [2.05, 4.69) is 0 Å². The lowest BCUT2D eigenvalue weighted by Gasteiger charge is -2.14. The van der Waals surface area contributed by atoms with E-state index in [9.17, 15) is 0 Å². The highest BCUT2D eigenvalue weighted by molar-refractivity contribution is 6.53. The van der Waals surface area contributed by atoms with Crippen LogP contribution in [0.4, 0.5) is 0 Å². The number of hydrogen-bond donors (Lipinski definition) is 0. The van der Waals surface area contributed by atoms with Crippen LogP contribution in [0.3, 0.4) is 0 Å². The highest BCUT2D eigenvalue weighted by Crippen LogP contribution is 2.15. The van der Waals surface area contributed by atoms with Crippen LogP contribution in [0.5, 0.6) is 11.5 Å². The fraction of sp³-hybridized carbons (Fsp3) is 0. The Morgan fingerprint density at radius 2 is 1.00 bits per heavy atom. The quantitative estimate of drug-likeness (QED) is 0.604. The zero-order valence-electron chi connectivity index (χ0n) is 12.7. The van der Waals surface area contributed by atoms with Gasteiger partial charge in [0.2, 0.25) is 0 Å². The molecular weight excluding hydrogens is 283 g/mol. The maximum absolute atomic E-state index is 5.93. The number of benzene rings is 3. The van der Waals surface area contributed by atoms with Crippen LogP contribution >= 0.6 is 0 Å². The third kappa shape index (κ3) is 4.78. The van der Waals surface area contributed by atoms with Crippen LogP contribution < -0.4 is 9.31 Å². The van der Waals surface area contributed by atoms with E-state index in [1.807, 2.05) is 103 Å². The molecule has 0 N–H and O–H groups in total. The van der Waals surface area contributed by atoms with Gasteiger partial charge in [0, 0.05) is 0 Å². The molecule has 3 aromatic rings. The van der Waals surface area contributed by atoms with Crippen LogP contribution in [0, 0.1) is 0 Å². The Labute approximate surface area is 137 Å². The molecular formula is C20H17BO2. The summed E-state index contributed by atoms with van der Waals surface area (Å²) in [5.74, 6) is 3.45. The Balaban J connectivity index is 1.76. The van der Waals surface area contributed by atoms with Crippen molar-refractivity contribution in [3.05, 3.63) is 103 Å². The first kappa shape index (κ1) is 15.0. The molecule has 0 amide bonds. The van der Waals surface area contributed by atoms with Gasteiger partial charge in [-0.2, -0.15) is 0 Å². The van der Waals surface area contributed by atoms with Crippen molar-refractivity contribution in [3.8, 4) is 11.5 Å². The minimum atomic E-state index is -0.500. The van der Waals surface area contributed by atoms with Gasteiger partial charge < -0.3 is 9.31 Å². The number of para-hydroxylation sites is 2. The minimum Gasteiger partial charge on any atom is -0.522 e. The number of rotatable bonds is 6. The standard InChI is InChI=1S/C20H17BO2/c1-4-10-18(11-5-1)16-17-21(22-19-12-6-2-7-13-19)23-20-14-8-3-9-15-20/h1-17H. The van der Waals surface area contributed by atoms with Crippen molar-refractivity contribution in [2.75, 3.05) is 0 Å². The molecule has 0 radical (unpaired) electrons. The zero-order valence-corrected chi connectivity index (χ0v) is 12.7. The van der Waals surface area contributed by atoms with Crippen LogP contribution in [0.25, 0.3) is 6.08 Å². The van der Waals surface area contributed by atoms with Crippen LogP contribution in [0.2, 0.25) is 0 Å². The van der Waals surface area contributed by atoms with Crippen LogP contribution in [-0.4, -0.2) is 7.12 Å². The van der Waals surface area contributed by atoms with Gasteiger partial charge in [-0.25, -0.2) is 0 Å². The van der Waals surface area contributed by atoms with Crippen molar-refractivity contribution in [2.24, 2.45) is 0 Å². The molecule has 0 aliphatic heterocycles. The molecule has 0 heterocycles. The molecule has 0 spiro atoms. The summed E-state index contributed by atoms with van der Waals surface area (Å²) in [5, 5.41) is 0. The predicted octanol–water partition coefficient (Wildman–Crippen LogP) is 4.89. The van der Waals surface area contributed by atoms with E-state index >= 15 is 0 Å². The van der Waals surface area contributed by atoms with E-state index in [4.69, 9.17) is 9.31 Å². The first-order valence-electron chi connectivity index (χ1n) is 7.57. The van der Waals surface area contributed by atoms with Crippen LogP contribution in [-0.2, 0) is 0 Å². The Morgan fingerprint density at radius 1 is 0.565 bits per heavy atom. The highest BCUT2D eigenvalue weighted by atomic mass is 16.6. The molecule has 0 bridgehead atoms. The summed E-state index contributed by atoms with van der Waals surface area (Å²) >= 11 is 0. The van der Waals surface area contributed by atoms with Gasteiger partial charge in [-0.05, 0) is 35.8 Å². The molecule has 0 aliphatic rings. The minimum absolute atomic E-state index is 0.500. The highest BCUT2D eigenvalue weighted by Gasteiger charge is 2.19. The van der Waals surface area contributed by atoms with Crippen molar-refractivity contribution in [1.29, 1.82) is 0 Å². The normalized spacial score (nSPS) is 10.4. The number of hydrogen-bond acceptors (Lipinski definition) is 2. The second-order valence-corrected chi connectivity index (χ2v) is 5.00. The molecule has 0 unspecified atom stereocenters. The molecule has 3 rings (SSSR count). The largest absolute Gasteiger partial charge is 0.624 e. The third-order valence-electron chi connectivity index (χ3n) is 3.24. The second kappa shape index (κ2) is 7.90. The summed E-state index contributed by atoms with van der Waals surface area (Å²) in [4.78, 5) is 0. The van der Waals surface area contributed by atoms with Crippen molar-refractivity contribution in [1.82, 2.24) is 0 Å². The Hall–Kier alpha value is -2.94. The molecule has 0 atom stereocenters. The average Bonchev–Trinajstić information content (AvgIpc) is 2.62. The van der Waals surface area contributed by atoms with E-state index < -0.39 is 7.12 Å². The Morgan fingerprint density at radius 3 is 1.48 bits per heavy atom. The molecule has 112 valence electrons. The van der Waals surface area contributed by atoms with Crippen LogP contribution in [0.1, 0.15) is 5.56 Å². The average molecular weight is 300 g/mol. The smallest absolute Gasteiger partial charge is 0.522 e. The maximum Gasteiger partial charge on any atom is 0.624 e. The van der Waals surface area contributed by atoms with Gasteiger partial charge in [0.25, 0.3) is 0 Å². The topological polar surface area (TPSA) is 18.5 Å². The van der Waals surface area contributed by atoms with E-state index in [1.54, 1.807) is 0 Å². The summed E-state index contributed by atoms with van der Waals surface area (Å²) < 4.78 is 11.9. The monoisotopic (exact) mass is 300 g/mol. The molecule has 0 fully saturated rings. The summed E-state index contributed by atoms with van der Waals surface area (Å²) in [6.07, 6.45) is 2.00. The SMILES string of the molecule is C(=Cc1ccccc1)B(Oc1ccccc1)Oc1ccccc1. The van der Waals surface area contributed by atoms with Crippen molar-refractivity contribution >= 4 is 13.2 Å². The van der Waals surface area contributed by atoms with Gasteiger partial charge in [0.05, 0.1) is 0 Å². The molecule has 0 aliphatic carbocycles. The summed E-state index contributed by atoms with van der Waals surface area (Å²) in [7, 11) is -0.500. The molecule has 0 aromatic heterocycles. The summed E-state index contributed by atoms with van der Waals surface area (Å²) in [5.41, 5.74) is 1.10. The van der Waals surface area contributed by atoms with E-state index in [0.29, 0.717) is 0 Å². The molecule has 0 saturated carbocycles. The Bertz CT molecular complexity index is 686. The van der Waals surface area contributed by atoms with Gasteiger partial charge >= 0.3 is 7.12 Å². The fourth-order valence-electron chi connectivity index (χ4n) is 2.12. The predicted molar refractivity (Wildman–Crippen MR) is 95.4 cm³/mol. The lowest BCUT2D eigenvalue weighted by molar-refractivity contribution is 0.438. The lowest BCUT2D eigenvalue weighted by Crippen LogP contribution is -2.27. The first-order chi connectivity index (χ1) is 11.4. The van der Waals surface area contributed by atoms with E-state index in [0.717, 1.165) is 17.1 Å². The zero-order chi connectivity index (χ0) is 15.7. The third-order valence-corrected chi connectivity index (χ3v) is 3.24. The fourth-order valence-corrected chi connectivity index (χ4v) is 2.12. The van der Waals surface area contributed by atoms with E-state index in [-0.39, 0.29) is 0 Å². The van der Waals surface area contributed by atoms with Gasteiger partial charge in [0.1, 0.15) is 11.5 Å². The lowest BCUT2D eigenvalue weighted by atomic mass is 9.88.